The predicted octanol–water partition coefficient (Wildman–Crippen LogP) is 2.28. The third-order valence-corrected chi connectivity index (χ3v) is 4.75. The summed E-state index contributed by atoms with van der Waals surface area (Å²) in [5, 5.41) is 0.713. The Bertz CT molecular complexity index is 459. The zero-order valence-electron chi connectivity index (χ0n) is 10.5. The molecule has 0 aliphatic heterocycles. The van der Waals surface area contributed by atoms with Gasteiger partial charge in [-0.3, -0.25) is 0 Å². The number of methoxy groups -OCH3 is 1. The summed E-state index contributed by atoms with van der Waals surface area (Å²) in [6.07, 6.45) is 0.648. The van der Waals surface area contributed by atoms with Gasteiger partial charge in [-0.1, -0.05) is 28.1 Å². The molecule has 0 saturated heterocycles. The van der Waals surface area contributed by atoms with E-state index < -0.39 is 10.0 Å². The van der Waals surface area contributed by atoms with Gasteiger partial charge in [-0.25, -0.2) is 13.1 Å². The van der Waals surface area contributed by atoms with Crippen LogP contribution in [-0.2, 0) is 20.1 Å². The van der Waals surface area contributed by atoms with Crippen LogP contribution >= 0.6 is 15.9 Å². The molecule has 0 saturated carbocycles. The van der Waals surface area contributed by atoms with E-state index in [1.807, 2.05) is 6.92 Å². The number of alkyl halides is 1. The maximum absolute atomic E-state index is 12.0. The summed E-state index contributed by atoms with van der Waals surface area (Å²) < 4.78 is 31.6. The minimum atomic E-state index is -3.44. The van der Waals surface area contributed by atoms with Crippen LogP contribution in [0.3, 0.4) is 0 Å². The van der Waals surface area contributed by atoms with Crippen LogP contribution < -0.4 is 4.72 Å². The van der Waals surface area contributed by atoms with Gasteiger partial charge in [-0.2, -0.15) is 0 Å². The van der Waals surface area contributed by atoms with Gasteiger partial charge in [0.2, 0.25) is 10.0 Å². The topological polar surface area (TPSA) is 55.4 Å². The van der Waals surface area contributed by atoms with Crippen LogP contribution in [0.1, 0.15) is 18.9 Å². The first kappa shape index (κ1) is 15.6. The molecule has 1 aromatic rings. The molecule has 1 N–H and O–H groups in total. The van der Waals surface area contributed by atoms with Crippen LogP contribution in [-0.4, -0.2) is 28.2 Å². The van der Waals surface area contributed by atoms with E-state index >= 15 is 0 Å². The van der Waals surface area contributed by atoms with Crippen molar-refractivity contribution in [2.45, 2.75) is 29.6 Å². The van der Waals surface area contributed by atoms with Crippen LogP contribution in [0.5, 0.6) is 0 Å². The quantitative estimate of drug-likeness (QED) is 0.778. The highest BCUT2D eigenvalue weighted by molar-refractivity contribution is 9.08. The van der Waals surface area contributed by atoms with Crippen molar-refractivity contribution < 1.29 is 13.2 Å². The third kappa shape index (κ3) is 4.68. The largest absolute Gasteiger partial charge is 0.385 e. The van der Waals surface area contributed by atoms with E-state index in [0.29, 0.717) is 18.4 Å². The average molecular weight is 336 g/mol. The number of halogens is 1. The molecule has 1 rings (SSSR count). The Labute approximate surface area is 117 Å². The molecule has 0 spiro atoms. The molecule has 0 fully saturated rings. The predicted molar refractivity (Wildman–Crippen MR) is 75.3 cm³/mol. The van der Waals surface area contributed by atoms with Gasteiger partial charge in [-0.05, 0) is 31.0 Å². The maximum Gasteiger partial charge on any atom is 0.240 e. The fourth-order valence-electron chi connectivity index (χ4n) is 1.44. The van der Waals surface area contributed by atoms with Crippen molar-refractivity contribution in [3.05, 3.63) is 29.8 Å². The molecule has 0 radical (unpaired) electrons. The SMILES string of the molecule is COCCC(C)NS(=O)(=O)c1ccc(CBr)cc1. The number of rotatable bonds is 7. The lowest BCUT2D eigenvalue weighted by Gasteiger charge is -2.13. The van der Waals surface area contributed by atoms with Crippen LogP contribution in [0, 0.1) is 0 Å². The van der Waals surface area contributed by atoms with Gasteiger partial charge < -0.3 is 4.74 Å². The van der Waals surface area contributed by atoms with Gasteiger partial charge in [0.15, 0.2) is 0 Å². The smallest absolute Gasteiger partial charge is 0.240 e. The molecule has 0 bridgehead atoms. The van der Waals surface area contributed by atoms with Gasteiger partial charge in [0.25, 0.3) is 0 Å². The Kier molecular flexibility index (Phi) is 6.28. The van der Waals surface area contributed by atoms with Crippen molar-refractivity contribution in [3.8, 4) is 0 Å². The summed E-state index contributed by atoms with van der Waals surface area (Å²) in [7, 11) is -1.84. The number of hydrogen-bond donors (Lipinski definition) is 1. The Morgan fingerprint density at radius 3 is 2.44 bits per heavy atom. The molecule has 1 unspecified atom stereocenters. The first-order valence-corrected chi connectivity index (χ1v) is 8.26. The number of ether oxygens (including phenoxy) is 1. The van der Waals surface area contributed by atoms with Crippen molar-refractivity contribution in [1.29, 1.82) is 0 Å². The minimum absolute atomic E-state index is 0.147. The summed E-state index contributed by atoms with van der Waals surface area (Å²) in [4.78, 5) is 0.288. The lowest BCUT2D eigenvalue weighted by Crippen LogP contribution is -2.33. The monoisotopic (exact) mass is 335 g/mol. The normalized spacial score (nSPS) is 13.5. The Hall–Kier alpha value is -0.430. The van der Waals surface area contributed by atoms with E-state index in [1.54, 1.807) is 31.4 Å². The van der Waals surface area contributed by atoms with Gasteiger partial charge in [0.1, 0.15) is 0 Å². The summed E-state index contributed by atoms with van der Waals surface area (Å²) in [6, 6.07) is 6.67. The Balaban J connectivity index is 2.73. The summed E-state index contributed by atoms with van der Waals surface area (Å²) in [5.74, 6) is 0. The van der Waals surface area contributed by atoms with E-state index in [2.05, 4.69) is 20.7 Å². The fraction of sp³-hybridized carbons (Fsp3) is 0.500. The standard InChI is InChI=1S/C12H18BrNO3S/c1-10(7-8-17-2)14-18(15,16)12-5-3-11(9-13)4-6-12/h3-6,10,14H,7-9H2,1-2H3. The molecule has 18 heavy (non-hydrogen) atoms. The second-order valence-corrected chi connectivity index (χ2v) is 6.36. The van der Waals surface area contributed by atoms with E-state index in [1.165, 1.54) is 0 Å². The van der Waals surface area contributed by atoms with E-state index in [9.17, 15) is 8.42 Å². The van der Waals surface area contributed by atoms with E-state index in [4.69, 9.17) is 4.74 Å². The minimum Gasteiger partial charge on any atom is -0.385 e. The van der Waals surface area contributed by atoms with Gasteiger partial charge >= 0.3 is 0 Å². The average Bonchev–Trinajstić information content (AvgIpc) is 2.36. The zero-order chi connectivity index (χ0) is 13.6. The molecule has 102 valence electrons. The molecule has 4 nitrogen and oxygen atoms in total. The van der Waals surface area contributed by atoms with Crippen molar-refractivity contribution >= 4 is 26.0 Å². The lowest BCUT2D eigenvalue weighted by molar-refractivity contribution is 0.188. The van der Waals surface area contributed by atoms with Gasteiger partial charge in [0.05, 0.1) is 4.90 Å². The molecule has 1 aromatic carbocycles. The molecule has 0 heterocycles. The summed E-state index contributed by atoms with van der Waals surface area (Å²) in [6.45, 7) is 2.36. The molecule has 1 atom stereocenters. The van der Waals surface area contributed by atoms with Crippen molar-refractivity contribution in [1.82, 2.24) is 4.72 Å². The van der Waals surface area contributed by atoms with Gasteiger partial charge in [0, 0.05) is 25.1 Å². The fourth-order valence-corrected chi connectivity index (χ4v) is 3.10. The molecule has 0 aromatic heterocycles. The first-order chi connectivity index (χ1) is 8.49. The van der Waals surface area contributed by atoms with E-state index in [0.717, 1.165) is 5.56 Å². The number of hydrogen-bond acceptors (Lipinski definition) is 3. The third-order valence-electron chi connectivity index (χ3n) is 2.50. The second kappa shape index (κ2) is 7.23. The van der Waals surface area contributed by atoms with Crippen LogP contribution in [0.4, 0.5) is 0 Å². The Morgan fingerprint density at radius 2 is 1.94 bits per heavy atom. The lowest BCUT2D eigenvalue weighted by atomic mass is 10.2. The second-order valence-electron chi connectivity index (χ2n) is 4.08. The van der Waals surface area contributed by atoms with E-state index in [-0.39, 0.29) is 10.9 Å². The van der Waals surface area contributed by atoms with Crippen molar-refractivity contribution in [2.24, 2.45) is 0 Å². The van der Waals surface area contributed by atoms with Crippen LogP contribution in [0.2, 0.25) is 0 Å². The highest BCUT2D eigenvalue weighted by Gasteiger charge is 2.16. The molecule has 0 aliphatic carbocycles. The van der Waals surface area contributed by atoms with Crippen LogP contribution in [0.15, 0.2) is 29.2 Å². The number of sulfonamides is 1. The maximum atomic E-state index is 12.0. The molecular formula is C12H18BrNO3S. The molecule has 6 heteroatoms. The van der Waals surface area contributed by atoms with Crippen LogP contribution in [0.25, 0.3) is 0 Å². The summed E-state index contributed by atoms with van der Waals surface area (Å²) >= 11 is 3.32. The first-order valence-electron chi connectivity index (χ1n) is 5.65. The van der Waals surface area contributed by atoms with Crippen molar-refractivity contribution in [2.75, 3.05) is 13.7 Å². The number of benzene rings is 1. The molecule has 0 amide bonds. The van der Waals surface area contributed by atoms with Gasteiger partial charge in [-0.15, -0.1) is 0 Å². The molecular weight excluding hydrogens is 318 g/mol. The van der Waals surface area contributed by atoms with Crippen molar-refractivity contribution in [3.63, 3.8) is 0 Å². The molecule has 0 aliphatic rings. The number of nitrogens with one attached hydrogen (secondary N) is 1. The summed E-state index contributed by atoms with van der Waals surface area (Å²) in [5.41, 5.74) is 1.04. The highest BCUT2D eigenvalue weighted by Crippen LogP contribution is 2.13. The Morgan fingerprint density at radius 1 is 1.33 bits per heavy atom. The zero-order valence-corrected chi connectivity index (χ0v) is 12.9. The highest BCUT2D eigenvalue weighted by atomic mass is 79.9.